The Morgan fingerprint density at radius 2 is 2.47 bits per heavy atom. The van der Waals surface area contributed by atoms with Crippen molar-refractivity contribution in [1.29, 1.82) is 0 Å². The highest BCUT2D eigenvalue weighted by atomic mass is 16.5. The van der Waals surface area contributed by atoms with Crippen LogP contribution < -0.4 is 10.6 Å². The van der Waals surface area contributed by atoms with Gasteiger partial charge in [0.2, 0.25) is 5.95 Å². The van der Waals surface area contributed by atoms with Crippen LogP contribution in [0.3, 0.4) is 0 Å². The molecule has 6 heteroatoms. The van der Waals surface area contributed by atoms with E-state index in [0.29, 0.717) is 19.1 Å². The first-order valence-electron chi connectivity index (χ1n) is 4.39. The third kappa shape index (κ3) is 3.17. The first-order valence-corrected chi connectivity index (χ1v) is 4.39. The minimum Gasteiger partial charge on any atom is -0.383 e. The van der Waals surface area contributed by atoms with Crippen molar-refractivity contribution in [3.05, 3.63) is 18.0 Å². The highest BCUT2D eigenvalue weighted by Gasteiger charge is 2.08. The van der Waals surface area contributed by atoms with Crippen molar-refractivity contribution in [1.82, 2.24) is 9.97 Å². The summed E-state index contributed by atoms with van der Waals surface area (Å²) in [5.41, 5.74) is 5.17. The lowest BCUT2D eigenvalue weighted by Gasteiger charge is -2.15. The second-order valence-corrected chi connectivity index (χ2v) is 2.94. The van der Waals surface area contributed by atoms with Crippen LogP contribution in [-0.2, 0) is 4.74 Å². The number of rotatable bonds is 5. The average Bonchev–Trinajstić information content (AvgIpc) is 2.26. The minimum absolute atomic E-state index is 0.0873. The molecule has 0 aliphatic carbocycles. The summed E-state index contributed by atoms with van der Waals surface area (Å²) in [4.78, 5) is 20.5. The molecule has 0 aliphatic rings. The topological polar surface area (TPSA) is 81.3 Å². The van der Waals surface area contributed by atoms with Gasteiger partial charge in [0.15, 0.2) is 0 Å². The number of likely N-dealkylation sites (N-methyl/N-ethyl adjacent to an activating group) is 1. The second kappa shape index (κ2) is 5.26. The Hall–Kier alpha value is -1.69. The number of hydrogen-bond acceptors (Lipinski definition) is 5. The number of hydrogen-bond donors (Lipinski definition) is 1. The number of carbonyl (C=O) groups is 1. The minimum atomic E-state index is -0.612. The zero-order valence-corrected chi connectivity index (χ0v) is 8.73. The molecule has 0 saturated carbocycles. The van der Waals surface area contributed by atoms with Gasteiger partial charge < -0.3 is 15.4 Å². The number of methoxy groups -OCH3 is 1. The monoisotopic (exact) mass is 209 g/mol. The number of carbonyl (C=O) groups excluding carboxylic acids is 1. The quantitative estimate of drug-likeness (QED) is 0.704. The van der Waals surface area contributed by atoms with Crippen molar-refractivity contribution in [2.45, 2.75) is 0 Å². The lowest BCUT2D eigenvalue weighted by molar-refractivity contribution is 0.0995. The van der Waals surface area contributed by atoms with Crippen LogP contribution in [0.4, 0.5) is 5.95 Å². The number of anilines is 1. The summed E-state index contributed by atoms with van der Waals surface area (Å²) in [5.74, 6) is -0.182. The van der Waals surface area contributed by atoms with E-state index in [9.17, 15) is 4.79 Å². The molecule has 0 unspecified atom stereocenters. The molecule has 0 spiro atoms. The smallest absolute Gasteiger partial charge is 0.268 e. The van der Waals surface area contributed by atoms with Crippen molar-refractivity contribution in [3.63, 3.8) is 0 Å². The predicted molar refractivity (Wildman–Crippen MR) is 54.5 cm³/mol. The summed E-state index contributed by atoms with van der Waals surface area (Å²) >= 11 is 0. The molecule has 1 amide bonds. The first-order chi connectivity index (χ1) is 7.15. The molecular weight excluding hydrogens is 196 g/mol. The van der Waals surface area contributed by atoms with Gasteiger partial charge in [-0.15, -0.1) is 0 Å². The standard InChI is InChI=1S/C9H13N4O2/c1-13(5-6-15-2)9-11-4-3-7(12-9)8(10)14/h4H,5-6H2,1-2H3,(H2,10,14). The number of amides is 1. The number of primary amides is 1. The molecule has 1 aromatic heterocycles. The fourth-order valence-corrected chi connectivity index (χ4v) is 0.951. The molecular formula is C9H13N4O2. The fraction of sp³-hybridized carbons (Fsp3) is 0.444. The van der Waals surface area contributed by atoms with E-state index in [1.165, 1.54) is 6.20 Å². The Morgan fingerprint density at radius 3 is 3.07 bits per heavy atom. The molecule has 1 heterocycles. The van der Waals surface area contributed by atoms with Crippen LogP contribution in [0.15, 0.2) is 6.20 Å². The van der Waals surface area contributed by atoms with E-state index in [0.717, 1.165) is 0 Å². The zero-order valence-electron chi connectivity index (χ0n) is 8.73. The highest BCUT2D eigenvalue weighted by molar-refractivity contribution is 5.90. The summed E-state index contributed by atoms with van der Waals surface area (Å²) in [6, 6.07) is 2.56. The van der Waals surface area contributed by atoms with Crippen molar-refractivity contribution < 1.29 is 9.53 Å². The Morgan fingerprint density at radius 1 is 1.73 bits per heavy atom. The Kier molecular flexibility index (Phi) is 3.99. The van der Waals surface area contributed by atoms with Crippen molar-refractivity contribution in [2.75, 3.05) is 32.2 Å². The maximum Gasteiger partial charge on any atom is 0.268 e. The number of ether oxygens (including phenoxy) is 1. The molecule has 0 atom stereocenters. The van der Waals surface area contributed by atoms with E-state index < -0.39 is 5.91 Å². The van der Waals surface area contributed by atoms with Crippen LogP contribution in [0.1, 0.15) is 10.5 Å². The third-order valence-electron chi connectivity index (χ3n) is 1.80. The van der Waals surface area contributed by atoms with E-state index in [-0.39, 0.29) is 5.69 Å². The third-order valence-corrected chi connectivity index (χ3v) is 1.80. The molecule has 1 aromatic rings. The molecule has 1 radical (unpaired) electrons. The van der Waals surface area contributed by atoms with Crippen LogP contribution >= 0.6 is 0 Å². The fourth-order valence-electron chi connectivity index (χ4n) is 0.951. The molecule has 6 nitrogen and oxygen atoms in total. The molecule has 0 saturated heterocycles. The van der Waals surface area contributed by atoms with Crippen LogP contribution in [0.25, 0.3) is 0 Å². The normalized spacial score (nSPS) is 10.0. The van der Waals surface area contributed by atoms with Crippen molar-refractivity contribution >= 4 is 11.9 Å². The van der Waals surface area contributed by atoms with Crippen LogP contribution in [0.5, 0.6) is 0 Å². The SMILES string of the molecule is COCCN(C)c1nc[c]c(C(N)=O)n1. The highest BCUT2D eigenvalue weighted by Crippen LogP contribution is 2.04. The van der Waals surface area contributed by atoms with Gasteiger partial charge in [-0.3, -0.25) is 4.79 Å². The summed E-state index contributed by atoms with van der Waals surface area (Å²) in [7, 11) is 3.42. The maximum atomic E-state index is 10.8. The maximum absolute atomic E-state index is 10.8. The van der Waals surface area contributed by atoms with Crippen molar-refractivity contribution in [3.8, 4) is 0 Å². The number of aromatic nitrogens is 2. The molecule has 0 fully saturated rings. The second-order valence-electron chi connectivity index (χ2n) is 2.94. The Balaban J connectivity index is 2.76. The van der Waals surface area contributed by atoms with Gasteiger partial charge in [0.25, 0.3) is 5.91 Å². The van der Waals surface area contributed by atoms with Gasteiger partial charge in [-0.05, 0) is 0 Å². The Bertz CT molecular complexity index is 343. The van der Waals surface area contributed by atoms with Gasteiger partial charge in [-0.2, -0.15) is 0 Å². The molecule has 0 aromatic carbocycles. The van der Waals surface area contributed by atoms with Gasteiger partial charge >= 0.3 is 0 Å². The molecule has 1 rings (SSSR count). The van der Waals surface area contributed by atoms with E-state index in [2.05, 4.69) is 16.0 Å². The van der Waals surface area contributed by atoms with Crippen LogP contribution in [0.2, 0.25) is 0 Å². The van der Waals surface area contributed by atoms with Gasteiger partial charge in [0.1, 0.15) is 5.69 Å². The van der Waals surface area contributed by atoms with Gasteiger partial charge in [0.05, 0.1) is 6.61 Å². The van der Waals surface area contributed by atoms with Crippen molar-refractivity contribution in [2.24, 2.45) is 5.73 Å². The summed E-state index contributed by atoms with van der Waals surface area (Å²) in [6.45, 7) is 1.20. The zero-order chi connectivity index (χ0) is 11.3. The lowest BCUT2D eigenvalue weighted by atomic mass is 10.4. The summed E-state index contributed by atoms with van der Waals surface area (Å²) < 4.78 is 4.91. The van der Waals surface area contributed by atoms with E-state index in [4.69, 9.17) is 10.5 Å². The predicted octanol–water partition coefficient (Wildman–Crippen LogP) is -0.542. The van der Waals surface area contributed by atoms with Crippen LogP contribution in [-0.4, -0.2) is 43.2 Å². The average molecular weight is 209 g/mol. The number of nitrogens with two attached hydrogens (primary N) is 1. The van der Waals surface area contributed by atoms with Gasteiger partial charge in [-0.1, -0.05) is 0 Å². The summed E-state index contributed by atoms with van der Waals surface area (Å²) in [5, 5.41) is 0. The molecule has 0 aliphatic heterocycles. The largest absolute Gasteiger partial charge is 0.383 e. The molecule has 15 heavy (non-hydrogen) atoms. The van der Waals surface area contributed by atoms with Gasteiger partial charge in [-0.25, -0.2) is 9.97 Å². The molecule has 0 bridgehead atoms. The van der Waals surface area contributed by atoms with Gasteiger partial charge in [0, 0.05) is 33.0 Å². The summed E-state index contributed by atoms with van der Waals surface area (Å²) in [6.07, 6.45) is 1.38. The number of nitrogens with zero attached hydrogens (tertiary/aromatic N) is 3. The Labute approximate surface area is 88.1 Å². The van der Waals surface area contributed by atoms with E-state index >= 15 is 0 Å². The van der Waals surface area contributed by atoms with E-state index in [1.54, 1.807) is 19.1 Å². The molecule has 81 valence electrons. The lowest BCUT2D eigenvalue weighted by Crippen LogP contribution is -2.25. The van der Waals surface area contributed by atoms with E-state index in [1.807, 2.05) is 0 Å². The first kappa shape index (κ1) is 11.4. The van der Waals surface area contributed by atoms with Crippen LogP contribution in [0, 0.1) is 6.07 Å². The molecule has 2 N–H and O–H groups in total.